The Hall–Kier alpha value is -2.21. The molecule has 0 spiro atoms. The average molecular weight is 335 g/mol. The van der Waals surface area contributed by atoms with E-state index in [2.05, 4.69) is 12.1 Å². The van der Waals surface area contributed by atoms with Gasteiger partial charge in [-0.25, -0.2) is 0 Å². The number of nitrogens with zero attached hydrogens (tertiary/aromatic N) is 1. The standard InChI is InChI=1S/C22H25NO2/c23-12-11-20-18-10-9-16(25)13-21(18)17-3-1-2-4-19(17)22(20)14-5-7-15(24)8-6-14/h5,7-10,13-14,17,19-20,22,24-25H,1-4,6,11H2/t14?,17-,19+,20+,22+/m1/s1. The summed E-state index contributed by atoms with van der Waals surface area (Å²) >= 11 is 0. The quantitative estimate of drug-likeness (QED) is 0.769. The van der Waals surface area contributed by atoms with E-state index in [0.717, 1.165) is 6.42 Å². The van der Waals surface area contributed by atoms with Crippen molar-refractivity contribution in [3.63, 3.8) is 0 Å². The van der Waals surface area contributed by atoms with Crippen LogP contribution in [0.1, 0.15) is 61.5 Å². The van der Waals surface area contributed by atoms with Crippen LogP contribution < -0.4 is 0 Å². The van der Waals surface area contributed by atoms with Crippen molar-refractivity contribution in [3.8, 4) is 11.8 Å². The molecule has 25 heavy (non-hydrogen) atoms. The number of phenolic OH excluding ortho intramolecular Hbond substituents is 1. The Kier molecular flexibility index (Phi) is 4.29. The summed E-state index contributed by atoms with van der Waals surface area (Å²) in [6.45, 7) is 0. The summed E-state index contributed by atoms with van der Waals surface area (Å²) in [7, 11) is 0. The second-order valence-electron chi connectivity index (χ2n) is 7.80. The Bertz CT molecular complexity index is 758. The SMILES string of the molecule is N#CC[C@H]1c2ccc(O)cc2[C@@H]2CCCC[C@@H]2[C@@H]1C1C=CC(O)=CC1. The maximum Gasteiger partial charge on any atom is 0.115 e. The van der Waals surface area contributed by atoms with Gasteiger partial charge in [-0.05, 0) is 78.3 Å². The van der Waals surface area contributed by atoms with Gasteiger partial charge in [-0.2, -0.15) is 5.26 Å². The number of benzene rings is 1. The van der Waals surface area contributed by atoms with Crippen LogP contribution in [0.5, 0.6) is 5.75 Å². The predicted octanol–water partition coefficient (Wildman–Crippen LogP) is 5.31. The summed E-state index contributed by atoms with van der Waals surface area (Å²) < 4.78 is 0. The van der Waals surface area contributed by atoms with Gasteiger partial charge in [0.15, 0.2) is 0 Å². The Labute approximate surface area is 149 Å². The molecule has 4 rings (SSSR count). The van der Waals surface area contributed by atoms with Crippen LogP contribution >= 0.6 is 0 Å². The van der Waals surface area contributed by atoms with Gasteiger partial charge in [-0.15, -0.1) is 0 Å². The molecule has 1 saturated carbocycles. The van der Waals surface area contributed by atoms with Crippen molar-refractivity contribution in [1.82, 2.24) is 0 Å². The zero-order chi connectivity index (χ0) is 17.4. The first-order valence-electron chi connectivity index (χ1n) is 9.46. The molecule has 1 aromatic rings. The maximum atomic E-state index is 10.0. The van der Waals surface area contributed by atoms with Crippen LogP contribution in [0.4, 0.5) is 0 Å². The largest absolute Gasteiger partial charge is 0.508 e. The monoisotopic (exact) mass is 335 g/mol. The lowest BCUT2D eigenvalue weighted by atomic mass is 9.55. The summed E-state index contributed by atoms with van der Waals surface area (Å²) in [4.78, 5) is 0. The highest BCUT2D eigenvalue weighted by Gasteiger charge is 2.46. The first-order chi connectivity index (χ1) is 12.2. The summed E-state index contributed by atoms with van der Waals surface area (Å²) in [6, 6.07) is 8.18. The zero-order valence-corrected chi connectivity index (χ0v) is 14.4. The van der Waals surface area contributed by atoms with E-state index < -0.39 is 0 Å². The second kappa shape index (κ2) is 6.59. The highest BCUT2D eigenvalue weighted by molar-refractivity contribution is 5.43. The molecule has 1 aromatic carbocycles. The molecule has 0 aliphatic heterocycles. The Morgan fingerprint density at radius 1 is 1.12 bits per heavy atom. The van der Waals surface area contributed by atoms with Gasteiger partial charge in [0.1, 0.15) is 11.5 Å². The molecule has 5 atom stereocenters. The second-order valence-corrected chi connectivity index (χ2v) is 7.80. The fourth-order valence-corrected chi connectivity index (χ4v) is 5.60. The molecule has 3 aliphatic carbocycles. The normalized spacial score (nSPS) is 33.7. The zero-order valence-electron chi connectivity index (χ0n) is 14.4. The molecule has 3 heteroatoms. The van der Waals surface area contributed by atoms with E-state index in [-0.39, 0.29) is 5.92 Å². The van der Waals surface area contributed by atoms with Crippen molar-refractivity contribution in [3.05, 3.63) is 53.3 Å². The van der Waals surface area contributed by atoms with Gasteiger partial charge in [-0.3, -0.25) is 0 Å². The third-order valence-electron chi connectivity index (χ3n) is 6.57. The molecule has 1 fully saturated rings. The predicted molar refractivity (Wildman–Crippen MR) is 97.2 cm³/mol. The number of aliphatic hydroxyl groups is 1. The Morgan fingerprint density at radius 3 is 2.72 bits per heavy atom. The van der Waals surface area contributed by atoms with Gasteiger partial charge < -0.3 is 10.2 Å². The number of hydrogen-bond donors (Lipinski definition) is 2. The summed E-state index contributed by atoms with van der Waals surface area (Å²) in [5.74, 6) is 2.76. The van der Waals surface area contributed by atoms with Gasteiger partial charge in [0.25, 0.3) is 0 Å². The van der Waals surface area contributed by atoms with Gasteiger partial charge in [0, 0.05) is 12.3 Å². The molecular formula is C22H25NO2. The third-order valence-corrected chi connectivity index (χ3v) is 6.57. The lowest BCUT2D eigenvalue weighted by Crippen LogP contribution is -2.39. The van der Waals surface area contributed by atoms with E-state index in [1.165, 1.54) is 36.8 Å². The molecule has 0 bridgehead atoms. The fourth-order valence-electron chi connectivity index (χ4n) is 5.60. The lowest BCUT2D eigenvalue weighted by molar-refractivity contribution is 0.127. The van der Waals surface area contributed by atoms with Gasteiger partial charge in [0.05, 0.1) is 6.07 Å². The van der Waals surface area contributed by atoms with Gasteiger partial charge >= 0.3 is 0 Å². The molecule has 130 valence electrons. The number of aliphatic hydroxyl groups excluding tert-OH is 1. The van der Waals surface area contributed by atoms with E-state index in [1.807, 2.05) is 24.3 Å². The van der Waals surface area contributed by atoms with E-state index in [1.54, 1.807) is 6.07 Å². The number of hydrogen-bond acceptors (Lipinski definition) is 3. The molecule has 0 aromatic heterocycles. The van der Waals surface area contributed by atoms with Crippen molar-refractivity contribution in [2.75, 3.05) is 0 Å². The molecule has 0 heterocycles. The van der Waals surface area contributed by atoms with E-state index in [9.17, 15) is 15.5 Å². The molecule has 3 aliphatic rings. The van der Waals surface area contributed by atoms with Crippen LogP contribution in [0.2, 0.25) is 0 Å². The number of nitriles is 1. The first-order valence-corrected chi connectivity index (χ1v) is 9.46. The fraction of sp³-hybridized carbons (Fsp3) is 0.500. The molecule has 0 amide bonds. The maximum absolute atomic E-state index is 10.0. The molecule has 0 radical (unpaired) electrons. The van der Waals surface area contributed by atoms with Crippen molar-refractivity contribution in [1.29, 1.82) is 5.26 Å². The average Bonchev–Trinajstić information content (AvgIpc) is 2.63. The smallest absolute Gasteiger partial charge is 0.115 e. The van der Waals surface area contributed by atoms with Crippen molar-refractivity contribution in [2.45, 2.75) is 50.4 Å². The van der Waals surface area contributed by atoms with Crippen LogP contribution in [-0.2, 0) is 0 Å². The van der Waals surface area contributed by atoms with Crippen LogP contribution in [0.25, 0.3) is 0 Å². The third kappa shape index (κ3) is 2.84. The van der Waals surface area contributed by atoms with E-state index in [4.69, 9.17) is 0 Å². The van der Waals surface area contributed by atoms with Gasteiger partial charge in [-0.1, -0.05) is 25.0 Å². The minimum Gasteiger partial charge on any atom is -0.508 e. The van der Waals surface area contributed by atoms with Crippen LogP contribution in [0.15, 0.2) is 42.2 Å². The minimum atomic E-state index is 0.211. The Morgan fingerprint density at radius 2 is 1.96 bits per heavy atom. The lowest BCUT2D eigenvalue weighted by Gasteiger charge is -2.49. The number of allylic oxidation sites excluding steroid dienone is 3. The number of rotatable bonds is 2. The minimum absolute atomic E-state index is 0.211. The number of aromatic hydroxyl groups is 1. The highest BCUT2D eigenvalue weighted by Crippen LogP contribution is 2.57. The highest BCUT2D eigenvalue weighted by atomic mass is 16.3. The topological polar surface area (TPSA) is 64.2 Å². The molecule has 3 nitrogen and oxygen atoms in total. The summed E-state index contributed by atoms with van der Waals surface area (Å²) in [6.07, 6.45) is 12.1. The summed E-state index contributed by atoms with van der Waals surface area (Å²) in [5, 5.41) is 29.2. The van der Waals surface area contributed by atoms with E-state index in [0.29, 0.717) is 41.6 Å². The van der Waals surface area contributed by atoms with Crippen LogP contribution in [-0.4, -0.2) is 10.2 Å². The van der Waals surface area contributed by atoms with Crippen molar-refractivity contribution >= 4 is 0 Å². The van der Waals surface area contributed by atoms with E-state index >= 15 is 0 Å². The first kappa shape index (κ1) is 16.3. The number of fused-ring (bicyclic) bond motifs is 3. The van der Waals surface area contributed by atoms with Crippen LogP contribution in [0.3, 0.4) is 0 Å². The van der Waals surface area contributed by atoms with Gasteiger partial charge in [0.2, 0.25) is 0 Å². The molecule has 2 N–H and O–H groups in total. The van der Waals surface area contributed by atoms with Crippen LogP contribution in [0, 0.1) is 29.1 Å². The van der Waals surface area contributed by atoms with Crippen molar-refractivity contribution < 1.29 is 10.2 Å². The summed E-state index contributed by atoms with van der Waals surface area (Å²) in [5.41, 5.74) is 2.54. The molecule has 1 unspecified atom stereocenters. The number of phenols is 1. The molecule has 0 saturated heterocycles. The molecular weight excluding hydrogens is 310 g/mol. The van der Waals surface area contributed by atoms with Crippen molar-refractivity contribution in [2.24, 2.45) is 17.8 Å². The Balaban J connectivity index is 1.80.